The predicted molar refractivity (Wildman–Crippen MR) is 58.3 cm³/mol. The molecule has 1 rings (SSSR count). The second-order valence-electron chi connectivity index (χ2n) is 4.95. The second-order valence-corrected chi connectivity index (χ2v) is 4.95. The van der Waals surface area contributed by atoms with Crippen molar-refractivity contribution in [2.45, 2.75) is 57.3 Å². The maximum atomic E-state index is 12.4. The molecule has 6 heteroatoms. The Bertz CT molecular complexity index is 285. The second kappa shape index (κ2) is 4.84. The minimum atomic E-state index is -4.36. The fraction of sp³-hybridized carbons (Fsp3) is 0.909. The molecule has 1 amide bonds. The number of hydrogen-bond acceptors (Lipinski definition) is 2. The molecule has 0 heterocycles. The van der Waals surface area contributed by atoms with Crippen LogP contribution in [0, 0.1) is 0 Å². The summed E-state index contributed by atoms with van der Waals surface area (Å²) in [4.78, 5) is 12.9. The molecule has 0 bridgehead atoms. The van der Waals surface area contributed by atoms with Crippen molar-refractivity contribution in [2.75, 3.05) is 6.54 Å². The van der Waals surface area contributed by atoms with E-state index in [-0.39, 0.29) is 6.04 Å². The highest BCUT2D eigenvalue weighted by Crippen LogP contribution is 2.32. The Morgan fingerprint density at radius 3 is 2.29 bits per heavy atom. The molecule has 0 aliphatic heterocycles. The van der Waals surface area contributed by atoms with Gasteiger partial charge in [0.25, 0.3) is 0 Å². The standard InChI is InChI=1S/C11H19F3N2O/c1-3-6-10(2,15)9(17)16(8-4-5-8)7-11(12,13)14/h8H,3-7,15H2,1-2H3. The molecule has 1 fully saturated rings. The van der Waals surface area contributed by atoms with Crippen LogP contribution in [0.5, 0.6) is 0 Å². The van der Waals surface area contributed by atoms with E-state index in [2.05, 4.69) is 0 Å². The van der Waals surface area contributed by atoms with E-state index >= 15 is 0 Å². The molecular weight excluding hydrogens is 233 g/mol. The number of alkyl halides is 3. The van der Waals surface area contributed by atoms with Crippen LogP contribution in [0.2, 0.25) is 0 Å². The van der Waals surface area contributed by atoms with Crippen molar-refractivity contribution in [1.29, 1.82) is 0 Å². The Morgan fingerprint density at radius 2 is 1.94 bits per heavy atom. The zero-order valence-electron chi connectivity index (χ0n) is 10.2. The van der Waals surface area contributed by atoms with Gasteiger partial charge in [0, 0.05) is 6.04 Å². The summed E-state index contributed by atoms with van der Waals surface area (Å²) < 4.78 is 37.2. The highest BCUT2D eigenvalue weighted by Gasteiger charge is 2.44. The maximum Gasteiger partial charge on any atom is 0.406 e. The van der Waals surface area contributed by atoms with Crippen molar-refractivity contribution in [3.05, 3.63) is 0 Å². The average Bonchev–Trinajstić information content (AvgIpc) is 2.94. The van der Waals surface area contributed by atoms with E-state index in [1.54, 1.807) is 0 Å². The van der Waals surface area contributed by atoms with Gasteiger partial charge in [-0.3, -0.25) is 4.79 Å². The summed E-state index contributed by atoms with van der Waals surface area (Å²) in [5.74, 6) is -0.584. The maximum absolute atomic E-state index is 12.4. The number of nitrogens with two attached hydrogens (primary N) is 1. The summed E-state index contributed by atoms with van der Waals surface area (Å²) in [6.07, 6.45) is -2.01. The van der Waals surface area contributed by atoms with E-state index in [1.165, 1.54) is 6.92 Å². The van der Waals surface area contributed by atoms with E-state index in [0.29, 0.717) is 25.7 Å². The number of carbonyl (C=O) groups excluding carboxylic acids is 1. The molecule has 0 spiro atoms. The number of carbonyl (C=O) groups is 1. The molecule has 100 valence electrons. The fourth-order valence-corrected chi connectivity index (χ4v) is 1.90. The molecule has 1 atom stereocenters. The van der Waals surface area contributed by atoms with E-state index in [9.17, 15) is 18.0 Å². The third-order valence-electron chi connectivity index (χ3n) is 2.86. The normalized spacial score (nSPS) is 19.9. The van der Waals surface area contributed by atoms with Crippen LogP contribution in [0.25, 0.3) is 0 Å². The molecule has 0 aromatic carbocycles. The molecule has 0 saturated heterocycles. The van der Waals surface area contributed by atoms with Crippen molar-refractivity contribution in [1.82, 2.24) is 4.90 Å². The van der Waals surface area contributed by atoms with Gasteiger partial charge < -0.3 is 10.6 Å². The Balaban J connectivity index is 2.73. The monoisotopic (exact) mass is 252 g/mol. The van der Waals surface area contributed by atoms with Gasteiger partial charge in [-0.2, -0.15) is 13.2 Å². The van der Waals surface area contributed by atoms with Gasteiger partial charge >= 0.3 is 6.18 Å². The van der Waals surface area contributed by atoms with Gasteiger partial charge in [0.2, 0.25) is 5.91 Å². The number of hydrogen-bond donors (Lipinski definition) is 1. The van der Waals surface area contributed by atoms with Crippen LogP contribution in [0.3, 0.4) is 0 Å². The molecule has 3 nitrogen and oxygen atoms in total. The Morgan fingerprint density at radius 1 is 1.41 bits per heavy atom. The first-order valence-electron chi connectivity index (χ1n) is 5.84. The summed E-state index contributed by atoms with van der Waals surface area (Å²) in [6, 6.07) is -0.274. The number of rotatable bonds is 5. The molecule has 1 aliphatic carbocycles. The molecule has 17 heavy (non-hydrogen) atoms. The summed E-state index contributed by atoms with van der Waals surface area (Å²) in [5.41, 5.74) is 4.61. The zero-order chi connectivity index (χ0) is 13.3. The van der Waals surface area contributed by atoms with E-state index in [1.807, 2.05) is 6.92 Å². The third kappa shape index (κ3) is 4.18. The highest BCUT2D eigenvalue weighted by molar-refractivity contribution is 5.86. The predicted octanol–water partition coefficient (Wildman–Crippen LogP) is 2.06. The van der Waals surface area contributed by atoms with Gasteiger partial charge in [-0.25, -0.2) is 0 Å². The number of halogens is 3. The minimum Gasteiger partial charge on any atom is -0.329 e. The summed E-state index contributed by atoms with van der Waals surface area (Å²) in [7, 11) is 0. The molecular formula is C11H19F3N2O. The van der Waals surface area contributed by atoms with Gasteiger partial charge in [-0.1, -0.05) is 13.3 Å². The van der Waals surface area contributed by atoms with Crippen molar-refractivity contribution in [2.24, 2.45) is 5.73 Å². The van der Waals surface area contributed by atoms with Crippen molar-refractivity contribution < 1.29 is 18.0 Å². The lowest BCUT2D eigenvalue weighted by molar-refractivity contribution is -0.165. The van der Waals surface area contributed by atoms with Crippen LogP contribution in [0.15, 0.2) is 0 Å². The van der Waals surface area contributed by atoms with Crippen LogP contribution in [-0.4, -0.2) is 35.1 Å². The molecule has 2 N–H and O–H groups in total. The largest absolute Gasteiger partial charge is 0.406 e. The van der Waals surface area contributed by atoms with Gasteiger partial charge in [-0.15, -0.1) is 0 Å². The number of amides is 1. The smallest absolute Gasteiger partial charge is 0.329 e. The Hall–Kier alpha value is -0.780. The quantitative estimate of drug-likeness (QED) is 0.814. The molecule has 0 aromatic rings. The van der Waals surface area contributed by atoms with Crippen LogP contribution in [-0.2, 0) is 4.79 Å². The first kappa shape index (κ1) is 14.3. The van der Waals surface area contributed by atoms with Crippen molar-refractivity contribution in [3.63, 3.8) is 0 Å². The topological polar surface area (TPSA) is 46.3 Å². The van der Waals surface area contributed by atoms with Crippen molar-refractivity contribution in [3.8, 4) is 0 Å². The SMILES string of the molecule is CCCC(C)(N)C(=O)N(CC(F)(F)F)C1CC1. The average molecular weight is 252 g/mol. The third-order valence-corrected chi connectivity index (χ3v) is 2.86. The molecule has 0 aromatic heterocycles. The van der Waals surface area contributed by atoms with Gasteiger partial charge in [0.05, 0.1) is 5.54 Å². The Kier molecular flexibility index (Phi) is 4.06. The number of nitrogens with zero attached hydrogens (tertiary/aromatic N) is 1. The Labute approximate surface area is 99.1 Å². The van der Waals surface area contributed by atoms with Gasteiger partial charge in [0.1, 0.15) is 6.54 Å². The summed E-state index contributed by atoms with van der Waals surface area (Å²) >= 11 is 0. The summed E-state index contributed by atoms with van der Waals surface area (Å²) in [5, 5.41) is 0. The lowest BCUT2D eigenvalue weighted by atomic mass is 9.95. The van der Waals surface area contributed by atoms with Crippen LogP contribution in [0.4, 0.5) is 13.2 Å². The van der Waals surface area contributed by atoms with Gasteiger partial charge in [0.15, 0.2) is 0 Å². The lowest BCUT2D eigenvalue weighted by Gasteiger charge is -2.32. The fourth-order valence-electron chi connectivity index (χ4n) is 1.90. The van der Waals surface area contributed by atoms with E-state index < -0.39 is 24.2 Å². The highest BCUT2D eigenvalue weighted by atomic mass is 19.4. The molecule has 0 radical (unpaired) electrons. The first-order valence-corrected chi connectivity index (χ1v) is 5.84. The van der Waals surface area contributed by atoms with E-state index in [4.69, 9.17) is 5.73 Å². The van der Waals surface area contributed by atoms with Crippen LogP contribution in [0.1, 0.15) is 39.5 Å². The van der Waals surface area contributed by atoms with Gasteiger partial charge in [-0.05, 0) is 26.2 Å². The van der Waals surface area contributed by atoms with E-state index in [0.717, 1.165) is 4.90 Å². The van der Waals surface area contributed by atoms with Crippen LogP contribution < -0.4 is 5.73 Å². The van der Waals surface area contributed by atoms with Crippen LogP contribution >= 0.6 is 0 Å². The molecule has 1 saturated carbocycles. The molecule has 1 unspecified atom stereocenters. The first-order chi connectivity index (χ1) is 7.67. The summed E-state index contributed by atoms with van der Waals surface area (Å²) in [6.45, 7) is 2.17. The zero-order valence-corrected chi connectivity index (χ0v) is 10.2. The van der Waals surface area contributed by atoms with Crippen molar-refractivity contribution >= 4 is 5.91 Å². The lowest BCUT2D eigenvalue weighted by Crippen LogP contribution is -2.55. The minimum absolute atomic E-state index is 0.274. The molecule has 1 aliphatic rings.